The van der Waals surface area contributed by atoms with Crippen molar-refractivity contribution in [3.8, 4) is 5.88 Å². The monoisotopic (exact) mass is 338 g/mol. The summed E-state index contributed by atoms with van der Waals surface area (Å²) in [5.41, 5.74) is 8.84. The van der Waals surface area contributed by atoms with Crippen LogP contribution in [0.3, 0.4) is 0 Å². The van der Waals surface area contributed by atoms with Crippen LogP contribution in [0.4, 0.5) is 5.95 Å². The van der Waals surface area contributed by atoms with E-state index >= 15 is 0 Å². The third kappa shape index (κ3) is 2.55. The summed E-state index contributed by atoms with van der Waals surface area (Å²) in [4.78, 5) is 22.9. The van der Waals surface area contributed by atoms with Gasteiger partial charge in [0.1, 0.15) is 0 Å². The Morgan fingerprint density at radius 3 is 3.00 bits per heavy atom. The first-order chi connectivity index (χ1) is 12.1. The molecule has 1 aliphatic heterocycles. The zero-order chi connectivity index (χ0) is 17.6. The van der Waals surface area contributed by atoms with Crippen molar-refractivity contribution in [1.29, 1.82) is 0 Å². The lowest BCUT2D eigenvalue weighted by atomic mass is 10.1. The first kappa shape index (κ1) is 15.4. The minimum Gasteiger partial charge on any atom is -0.481 e. The number of rotatable bonds is 2. The van der Waals surface area contributed by atoms with Crippen molar-refractivity contribution in [2.45, 2.75) is 13.0 Å². The summed E-state index contributed by atoms with van der Waals surface area (Å²) in [7, 11) is 3.42. The molecule has 0 fully saturated rings. The Labute approximate surface area is 144 Å². The number of anilines is 1. The Morgan fingerprint density at radius 1 is 1.36 bits per heavy atom. The molecule has 3 aromatic rings. The predicted octanol–water partition coefficient (Wildman–Crippen LogP) is 1.15. The lowest BCUT2D eigenvalue weighted by molar-refractivity contribution is 0.0732. The molecule has 4 rings (SSSR count). The van der Waals surface area contributed by atoms with Crippen molar-refractivity contribution in [2.75, 3.05) is 19.4 Å². The highest BCUT2D eigenvalue weighted by Crippen LogP contribution is 2.26. The molecule has 128 valence electrons. The van der Waals surface area contributed by atoms with Gasteiger partial charge >= 0.3 is 0 Å². The van der Waals surface area contributed by atoms with E-state index in [-0.39, 0.29) is 11.9 Å². The molecule has 0 bridgehead atoms. The quantitative estimate of drug-likeness (QED) is 0.752. The fourth-order valence-electron chi connectivity index (χ4n) is 3.23. The van der Waals surface area contributed by atoms with Gasteiger partial charge in [0.2, 0.25) is 11.8 Å². The average Bonchev–Trinajstić information content (AvgIpc) is 2.94. The Kier molecular flexibility index (Phi) is 3.52. The van der Waals surface area contributed by atoms with E-state index in [0.29, 0.717) is 24.5 Å². The molecule has 0 radical (unpaired) electrons. The van der Waals surface area contributed by atoms with Gasteiger partial charge in [0, 0.05) is 25.4 Å². The first-order valence-electron chi connectivity index (χ1n) is 7.97. The van der Waals surface area contributed by atoms with Gasteiger partial charge < -0.3 is 15.4 Å². The number of hydrogen-bond acceptors (Lipinski definition) is 6. The third-order valence-electron chi connectivity index (χ3n) is 4.47. The largest absolute Gasteiger partial charge is 0.481 e. The van der Waals surface area contributed by atoms with Gasteiger partial charge in [-0.2, -0.15) is 5.10 Å². The van der Waals surface area contributed by atoms with E-state index < -0.39 is 0 Å². The van der Waals surface area contributed by atoms with E-state index in [2.05, 4.69) is 15.1 Å². The van der Waals surface area contributed by atoms with Crippen LogP contribution in [0.15, 0.2) is 24.4 Å². The highest BCUT2D eigenvalue weighted by atomic mass is 16.5. The fourth-order valence-corrected chi connectivity index (χ4v) is 3.23. The number of carbonyl (C=O) groups excluding carboxylic acids is 1. The smallest absolute Gasteiger partial charge is 0.254 e. The van der Waals surface area contributed by atoms with Crippen molar-refractivity contribution < 1.29 is 9.53 Å². The first-order valence-corrected chi connectivity index (χ1v) is 7.97. The van der Waals surface area contributed by atoms with Crippen LogP contribution < -0.4 is 10.5 Å². The molecule has 2 N–H and O–H groups in total. The van der Waals surface area contributed by atoms with Crippen molar-refractivity contribution >= 4 is 22.8 Å². The van der Waals surface area contributed by atoms with Gasteiger partial charge in [0.15, 0.2) is 0 Å². The van der Waals surface area contributed by atoms with Gasteiger partial charge in [0.25, 0.3) is 5.91 Å². The molecular weight excluding hydrogens is 320 g/mol. The van der Waals surface area contributed by atoms with Crippen LogP contribution in [0.1, 0.15) is 21.6 Å². The zero-order valence-corrected chi connectivity index (χ0v) is 14.1. The van der Waals surface area contributed by atoms with Crippen LogP contribution in [0.5, 0.6) is 5.88 Å². The maximum absolute atomic E-state index is 12.9. The maximum Gasteiger partial charge on any atom is 0.254 e. The Morgan fingerprint density at radius 2 is 2.20 bits per heavy atom. The van der Waals surface area contributed by atoms with E-state index in [1.54, 1.807) is 35.0 Å². The number of carbonyl (C=O) groups is 1. The highest BCUT2D eigenvalue weighted by Gasteiger charge is 2.24. The van der Waals surface area contributed by atoms with Crippen LogP contribution in [-0.4, -0.2) is 44.2 Å². The van der Waals surface area contributed by atoms with Crippen LogP contribution in [-0.2, 0) is 20.0 Å². The van der Waals surface area contributed by atoms with Crippen molar-refractivity contribution in [3.63, 3.8) is 0 Å². The van der Waals surface area contributed by atoms with Gasteiger partial charge in [-0.05, 0) is 30.2 Å². The van der Waals surface area contributed by atoms with Gasteiger partial charge in [-0.25, -0.2) is 14.6 Å². The van der Waals surface area contributed by atoms with E-state index in [4.69, 9.17) is 10.5 Å². The molecule has 8 heteroatoms. The summed E-state index contributed by atoms with van der Waals surface area (Å²) in [6.45, 7) is 1.06. The van der Waals surface area contributed by atoms with Gasteiger partial charge in [0.05, 0.1) is 30.3 Å². The highest BCUT2D eigenvalue weighted by molar-refractivity contribution is 5.98. The predicted molar refractivity (Wildman–Crippen MR) is 92.2 cm³/mol. The number of methoxy groups -OCH3 is 1. The lowest BCUT2D eigenvalue weighted by Crippen LogP contribution is -2.36. The van der Waals surface area contributed by atoms with Gasteiger partial charge in [-0.15, -0.1) is 0 Å². The Balaban J connectivity index is 1.64. The minimum absolute atomic E-state index is 0.0469. The van der Waals surface area contributed by atoms with E-state index in [0.717, 1.165) is 28.6 Å². The molecule has 1 aliphatic rings. The molecule has 0 unspecified atom stereocenters. The molecule has 8 nitrogen and oxygen atoms in total. The van der Waals surface area contributed by atoms with Crippen molar-refractivity contribution in [2.24, 2.45) is 7.05 Å². The number of nitrogens with zero attached hydrogens (tertiary/aromatic N) is 5. The lowest BCUT2D eigenvalue weighted by Gasteiger charge is -2.28. The number of nitrogen functional groups attached to an aromatic ring is 1. The SMILES string of the molecule is COc1c2ccc(C(=O)N3CCc4cnc(N)nc4C3)cc2nn1C. The molecule has 25 heavy (non-hydrogen) atoms. The summed E-state index contributed by atoms with van der Waals surface area (Å²) in [6.07, 6.45) is 2.46. The third-order valence-corrected chi connectivity index (χ3v) is 4.47. The average molecular weight is 338 g/mol. The second kappa shape index (κ2) is 5.73. The maximum atomic E-state index is 12.9. The van der Waals surface area contributed by atoms with Crippen LogP contribution in [0.25, 0.3) is 10.9 Å². The second-order valence-electron chi connectivity index (χ2n) is 6.04. The zero-order valence-electron chi connectivity index (χ0n) is 14.1. The van der Waals surface area contributed by atoms with Crippen LogP contribution in [0, 0.1) is 0 Å². The standard InChI is InChI=1S/C17H18N6O2/c1-22-16(25-2)12-4-3-10(7-13(12)21-22)15(24)23-6-5-11-8-19-17(18)20-14(11)9-23/h3-4,7-8H,5-6,9H2,1-2H3,(H2,18,19,20). The van der Waals surface area contributed by atoms with Crippen LogP contribution in [0.2, 0.25) is 0 Å². The topological polar surface area (TPSA) is 99.2 Å². The summed E-state index contributed by atoms with van der Waals surface area (Å²) in [5.74, 6) is 0.859. The molecule has 0 aliphatic carbocycles. The molecule has 3 heterocycles. The molecule has 0 spiro atoms. The number of aromatic nitrogens is 4. The number of aryl methyl sites for hydroxylation is 1. The summed E-state index contributed by atoms with van der Waals surface area (Å²) < 4.78 is 7.01. The molecule has 1 aromatic carbocycles. The Bertz CT molecular complexity index is 981. The summed E-state index contributed by atoms with van der Waals surface area (Å²) in [5, 5.41) is 5.28. The van der Waals surface area contributed by atoms with E-state index in [9.17, 15) is 4.79 Å². The van der Waals surface area contributed by atoms with E-state index in [1.165, 1.54) is 0 Å². The fraction of sp³-hybridized carbons (Fsp3) is 0.294. The number of amides is 1. The second-order valence-corrected chi connectivity index (χ2v) is 6.04. The number of fused-ring (bicyclic) bond motifs is 2. The van der Waals surface area contributed by atoms with Crippen LogP contribution >= 0.6 is 0 Å². The Hall–Kier alpha value is -3.16. The molecule has 1 amide bonds. The number of ether oxygens (including phenoxy) is 1. The van der Waals surface area contributed by atoms with Gasteiger partial charge in [-0.3, -0.25) is 4.79 Å². The minimum atomic E-state index is -0.0469. The molecule has 0 saturated heterocycles. The molecule has 0 saturated carbocycles. The summed E-state index contributed by atoms with van der Waals surface area (Å²) in [6, 6.07) is 5.47. The van der Waals surface area contributed by atoms with E-state index in [1.807, 2.05) is 13.1 Å². The summed E-state index contributed by atoms with van der Waals surface area (Å²) >= 11 is 0. The van der Waals surface area contributed by atoms with Gasteiger partial charge in [-0.1, -0.05) is 0 Å². The number of benzene rings is 1. The number of nitrogens with two attached hydrogens (primary N) is 1. The van der Waals surface area contributed by atoms with Crippen molar-refractivity contribution in [1.82, 2.24) is 24.6 Å². The van der Waals surface area contributed by atoms with Crippen molar-refractivity contribution in [3.05, 3.63) is 41.2 Å². The number of hydrogen-bond donors (Lipinski definition) is 1. The molecule has 2 aromatic heterocycles. The normalized spacial score (nSPS) is 13.8. The molecule has 0 atom stereocenters. The molecular formula is C17H18N6O2.